The summed E-state index contributed by atoms with van der Waals surface area (Å²) in [4.78, 5) is 11.8. The molecule has 3 aromatic carbocycles. The van der Waals surface area contributed by atoms with E-state index in [0.717, 1.165) is 44.3 Å². The van der Waals surface area contributed by atoms with Gasteiger partial charge in [-0.2, -0.15) is 5.10 Å². The first-order valence-electron chi connectivity index (χ1n) is 11.1. The number of carbonyl (C=O) groups excluding carboxylic acids is 1. The van der Waals surface area contributed by atoms with Crippen LogP contribution in [-0.2, 0) is 15.9 Å². The van der Waals surface area contributed by atoms with E-state index >= 15 is 0 Å². The summed E-state index contributed by atoms with van der Waals surface area (Å²) in [6.07, 6.45) is 5.34. The number of benzene rings is 3. The van der Waals surface area contributed by atoms with Gasteiger partial charge in [-0.1, -0.05) is 54.9 Å². The van der Waals surface area contributed by atoms with Crippen LogP contribution in [0.25, 0.3) is 28.1 Å². The van der Waals surface area contributed by atoms with Gasteiger partial charge in [-0.3, -0.25) is 9.89 Å². The summed E-state index contributed by atoms with van der Waals surface area (Å²) < 4.78 is 33.3. The number of halogens is 2. The van der Waals surface area contributed by atoms with Crippen LogP contribution in [0.2, 0.25) is 5.02 Å². The minimum Gasteiger partial charge on any atom is -0.339 e. The highest BCUT2D eigenvalue weighted by Crippen LogP contribution is 2.38. The third kappa shape index (κ3) is 5.96. The summed E-state index contributed by atoms with van der Waals surface area (Å²) in [5.41, 5.74) is 6.24. The monoisotopic (exact) mass is 523 g/mol. The number of aromatic nitrogens is 2. The van der Waals surface area contributed by atoms with Crippen molar-refractivity contribution in [1.29, 1.82) is 0 Å². The molecule has 0 spiro atoms. The zero-order valence-corrected chi connectivity index (χ0v) is 20.9. The van der Waals surface area contributed by atoms with Crippen molar-refractivity contribution in [2.75, 3.05) is 5.88 Å². The normalized spacial score (nSPS) is 13.1. The molecule has 0 radical (unpaired) electrons. The van der Waals surface area contributed by atoms with E-state index in [1.165, 1.54) is 18.2 Å². The molecule has 4 rings (SSSR count). The molecule has 9 heteroatoms. The molecule has 1 amide bonds. The maximum atomic E-state index is 13.8. The topological polar surface area (TPSA) is 95.1 Å². The van der Waals surface area contributed by atoms with Crippen LogP contribution in [0, 0.1) is 5.82 Å². The van der Waals surface area contributed by atoms with Gasteiger partial charge in [-0.15, -0.1) is 0 Å². The smallest absolute Gasteiger partial charge is 0.244 e. The Morgan fingerprint density at radius 3 is 2.58 bits per heavy atom. The summed E-state index contributed by atoms with van der Waals surface area (Å²) in [5.74, 6) is -1.19. The number of H-pyrrole nitrogens is 1. The second kappa shape index (κ2) is 11.4. The lowest BCUT2D eigenvalue weighted by Gasteiger charge is -2.18. The number of fused-ring (bicyclic) bond motifs is 1. The van der Waals surface area contributed by atoms with Gasteiger partial charge in [0.2, 0.25) is 5.91 Å². The molecule has 1 heterocycles. The van der Waals surface area contributed by atoms with Crippen LogP contribution in [-0.4, -0.2) is 30.7 Å². The molecular formula is C27H23ClFN3O3S. The van der Waals surface area contributed by atoms with Gasteiger partial charge < -0.3 is 9.87 Å². The highest BCUT2D eigenvalue weighted by Gasteiger charge is 2.16. The van der Waals surface area contributed by atoms with Crippen molar-refractivity contribution in [3.8, 4) is 0 Å². The zero-order valence-electron chi connectivity index (χ0n) is 19.3. The Bertz CT molecular complexity index is 1500. The van der Waals surface area contributed by atoms with Crippen molar-refractivity contribution in [3.63, 3.8) is 0 Å². The highest BCUT2D eigenvalue weighted by atomic mass is 35.5. The minimum atomic E-state index is -2.10. The molecule has 6 nitrogen and oxygen atoms in total. The number of amides is 1. The maximum Gasteiger partial charge on any atom is 0.244 e. The number of carbonyl (C=O) groups is 1. The minimum absolute atomic E-state index is 0.330. The van der Waals surface area contributed by atoms with Gasteiger partial charge >= 0.3 is 0 Å². The zero-order chi connectivity index (χ0) is 25.7. The summed E-state index contributed by atoms with van der Waals surface area (Å²) in [6.45, 7) is 2.03. The third-order valence-corrected chi connectivity index (χ3v) is 6.34. The van der Waals surface area contributed by atoms with Crippen molar-refractivity contribution in [1.82, 2.24) is 15.5 Å². The van der Waals surface area contributed by atoms with Crippen molar-refractivity contribution in [2.45, 2.75) is 13.3 Å². The molecule has 36 heavy (non-hydrogen) atoms. The molecule has 4 aromatic rings. The molecule has 0 fully saturated rings. The van der Waals surface area contributed by atoms with E-state index in [0.29, 0.717) is 11.4 Å². The molecule has 0 saturated carbocycles. The van der Waals surface area contributed by atoms with Gasteiger partial charge in [0.05, 0.1) is 16.7 Å². The molecule has 184 valence electrons. The van der Waals surface area contributed by atoms with Crippen molar-refractivity contribution < 1.29 is 17.9 Å². The first-order valence-corrected chi connectivity index (χ1v) is 12.8. The molecular weight excluding hydrogens is 501 g/mol. The molecule has 0 aliphatic carbocycles. The van der Waals surface area contributed by atoms with Crippen molar-refractivity contribution in [3.05, 3.63) is 106 Å². The second-order valence-electron chi connectivity index (χ2n) is 7.97. The van der Waals surface area contributed by atoms with Gasteiger partial charge in [0.25, 0.3) is 0 Å². The van der Waals surface area contributed by atoms with E-state index in [1.807, 2.05) is 49.4 Å². The van der Waals surface area contributed by atoms with Gasteiger partial charge in [0.1, 0.15) is 11.7 Å². The first-order chi connectivity index (χ1) is 17.4. The third-order valence-electron chi connectivity index (χ3n) is 5.64. The summed E-state index contributed by atoms with van der Waals surface area (Å²) in [7, 11) is 0. The second-order valence-corrected chi connectivity index (χ2v) is 9.30. The number of aromatic amines is 1. The van der Waals surface area contributed by atoms with Gasteiger partial charge in [-0.05, 0) is 70.2 Å². The van der Waals surface area contributed by atoms with Crippen LogP contribution in [0.4, 0.5) is 4.39 Å². The van der Waals surface area contributed by atoms with Gasteiger partial charge in [0, 0.05) is 11.5 Å². The van der Waals surface area contributed by atoms with Crippen LogP contribution >= 0.6 is 11.6 Å². The average molecular weight is 524 g/mol. The van der Waals surface area contributed by atoms with E-state index in [-0.39, 0.29) is 5.88 Å². The van der Waals surface area contributed by atoms with Gasteiger partial charge in [0.15, 0.2) is 11.1 Å². The van der Waals surface area contributed by atoms with Crippen LogP contribution < -0.4 is 5.32 Å². The van der Waals surface area contributed by atoms with Crippen LogP contribution in [0.1, 0.15) is 35.6 Å². The Morgan fingerprint density at radius 1 is 1.14 bits per heavy atom. The lowest BCUT2D eigenvalue weighted by atomic mass is 9.87. The predicted octanol–water partition coefficient (Wildman–Crippen LogP) is 6.03. The standard InChI is InChI=1S/C27H23ClFN3O3S/c1-2-22(23-10-9-21(29)14-24(23)28)27(19-8-11-25-20(13-19)15-31-32-25)18-6-3-17(4-7-18)5-12-26(33)30-16-36(34)35/h3-15H,2,16H2,1H3,(H,30,33)(H,31,32)(H,34,35)/b12-5+,27-22+. The maximum absolute atomic E-state index is 13.8. The molecule has 0 aliphatic rings. The van der Waals surface area contributed by atoms with E-state index in [2.05, 4.69) is 15.5 Å². The van der Waals surface area contributed by atoms with E-state index in [1.54, 1.807) is 18.3 Å². The number of nitrogens with one attached hydrogen (secondary N) is 2. The molecule has 0 aliphatic heterocycles. The summed E-state index contributed by atoms with van der Waals surface area (Å²) >= 11 is 4.37. The fraction of sp³-hybridized carbons (Fsp3) is 0.111. The first kappa shape index (κ1) is 25.5. The Morgan fingerprint density at radius 2 is 1.89 bits per heavy atom. The number of hydrogen-bond acceptors (Lipinski definition) is 3. The molecule has 1 aromatic heterocycles. The fourth-order valence-corrected chi connectivity index (χ4v) is 4.52. The van der Waals surface area contributed by atoms with Gasteiger partial charge in [-0.25, -0.2) is 8.60 Å². The molecule has 0 saturated heterocycles. The number of hydrogen-bond donors (Lipinski definition) is 3. The molecule has 3 N–H and O–H groups in total. The molecule has 1 atom stereocenters. The summed E-state index contributed by atoms with van der Waals surface area (Å²) in [5, 5.41) is 10.7. The van der Waals surface area contributed by atoms with Crippen molar-refractivity contribution >= 4 is 56.7 Å². The average Bonchev–Trinajstić information content (AvgIpc) is 3.34. The summed E-state index contributed by atoms with van der Waals surface area (Å²) in [6, 6.07) is 18.1. The SMILES string of the molecule is CC/C(=C(/c1ccc(/C=C/C(=O)NCS(=O)O)cc1)c1ccc2[nH]ncc2c1)c1ccc(F)cc1Cl. The Hall–Kier alpha value is -3.59. The number of nitrogens with zero attached hydrogens (tertiary/aromatic N) is 1. The van der Waals surface area contributed by atoms with Crippen LogP contribution in [0.5, 0.6) is 0 Å². The Labute approximate surface area is 215 Å². The highest BCUT2D eigenvalue weighted by molar-refractivity contribution is 7.79. The van der Waals surface area contributed by atoms with E-state index < -0.39 is 22.8 Å². The molecule has 1 unspecified atom stereocenters. The van der Waals surface area contributed by atoms with E-state index in [4.69, 9.17) is 16.2 Å². The van der Waals surface area contributed by atoms with Crippen molar-refractivity contribution in [2.24, 2.45) is 0 Å². The van der Waals surface area contributed by atoms with E-state index in [9.17, 15) is 13.4 Å². The number of allylic oxidation sites excluding steroid dienone is 1. The molecule has 0 bridgehead atoms. The largest absolute Gasteiger partial charge is 0.339 e. The van der Waals surface area contributed by atoms with Crippen LogP contribution in [0.3, 0.4) is 0 Å². The number of rotatable bonds is 8. The fourth-order valence-electron chi connectivity index (χ4n) is 3.97. The van der Waals surface area contributed by atoms with Crippen LogP contribution in [0.15, 0.2) is 72.9 Å². The quantitative estimate of drug-likeness (QED) is 0.149. The Kier molecular flexibility index (Phi) is 8.10. The Balaban J connectivity index is 1.78. The lowest BCUT2D eigenvalue weighted by Crippen LogP contribution is -2.24. The lowest BCUT2D eigenvalue weighted by molar-refractivity contribution is -0.116. The predicted molar refractivity (Wildman–Crippen MR) is 143 cm³/mol.